The van der Waals surface area contributed by atoms with E-state index in [-0.39, 0.29) is 12.0 Å². The van der Waals surface area contributed by atoms with Gasteiger partial charge in [-0.3, -0.25) is 4.79 Å². The van der Waals surface area contributed by atoms with E-state index in [1.807, 2.05) is 45.0 Å². The predicted molar refractivity (Wildman–Crippen MR) is 80.0 cm³/mol. The molecule has 20 heavy (non-hydrogen) atoms. The molecule has 0 N–H and O–H groups in total. The summed E-state index contributed by atoms with van der Waals surface area (Å²) in [6, 6.07) is 7.90. The van der Waals surface area contributed by atoms with Crippen LogP contribution in [0.3, 0.4) is 0 Å². The van der Waals surface area contributed by atoms with Crippen LogP contribution in [0, 0.1) is 6.92 Å². The second kappa shape index (κ2) is 8.59. The van der Waals surface area contributed by atoms with Gasteiger partial charge in [-0.25, -0.2) is 0 Å². The Morgan fingerprint density at radius 3 is 2.65 bits per heavy atom. The zero-order valence-electron chi connectivity index (χ0n) is 12.9. The summed E-state index contributed by atoms with van der Waals surface area (Å²) < 4.78 is 10.9. The van der Waals surface area contributed by atoms with E-state index in [1.54, 1.807) is 12.0 Å². The molecule has 0 spiro atoms. The average molecular weight is 279 g/mol. The normalized spacial score (nSPS) is 12.0. The lowest BCUT2D eigenvalue weighted by atomic mass is 10.2. The number of rotatable bonds is 8. The number of benzene rings is 1. The summed E-state index contributed by atoms with van der Waals surface area (Å²) in [5.74, 6) is 0.873. The number of aryl methyl sites for hydroxylation is 1. The van der Waals surface area contributed by atoms with E-state index in [2.05, 4.69) is 0 Å². The number of carbonyl (C=O) groups excluding carboxylic acids is 1. The number of hydrogen-bond acceptors (Lipinski definition) is 3. The molecule has 0 aliphatic carbocycles. The summed E-state index contributed by atoms with van der Waals surface area (Å²) in [5.41, 5.74) is 1.16. The first-order chi connectivity index (χ1) is 9.62. The molecule has 0 saturated carbocycles. The molecule has 0 radical (unpaired) electrons. The van der Waals surface area contributed by atoms with Crippen LogP contribution in [0.1, 0.15) is 25.8 Å². The second-order valence-corrected chi connectivity index (χ2v) is 4.72. The lowest BCUT2D eigenvalue weighted by Crippen LogP contribution is -2.41. The van der Waals surface area contributed by atoms with E-state index in [1.165, 1.54) is 0 Å². The molecule has 1 aromatic rings. The van der Waals surface area contributed by atoms with Crippen LogP contribution in [0.25, 0.3) is 0 Å². The zero-order valence-corrected chi connectivity index (χ0v) is 12.9. The first-order valence-corrected chi connectivity index (χ1v) is 7.13. The van der Waals surface area contributed by atoms with Gasteiger partial charge in [0.1, 0.15) is 18.5 Å². The first kappa shape index (κ1) is 16.5. The molecule has 0 aliphatic heterocycles. The molecule has 0 unspecified atom stereocenters. The second-order valence-electron chi connectivity index (χ2n) is 4.72. The number of ether oxygens (including phenoxy) is 2. The number of carbonyl (C=O) groups is 1. The van der Waals surface area contributed by atoms with Crippen molar-refractivity contribution in [1.29, 1.82) is 0 Å². The molecule has 0 heterocycles. The molecule has 4 heteroatoms. The van der Waals surface area contributed by atoms with E-state index >= 15 is 0 Å². The Morgan fingerprint density at radius 2 is 2.10 bits per heavy atom. The van der Waals surface area contributed by atoms with Gasteiger partial charge in [-0.2, -0.15) is 0 Å². The van der Waals surface area contributed by atoms with Crippen LogP contribution >= 0.6 is 0 Å². The molecule has 1 rings (SSSR count). The van der Waals surface area contributed by atoms with Crippen molar-refractivity contribution < 1.29 is 14.3 Å². The molecule has 112 valence electrons. The molecule has 0 fully saturated rings. The van der Waals surface area contributed by atoms with Crippen LogP contribution in [-0.4, -0.2) is 43.7 Å². The maximum absolute atomic E-state index is 12.2. The van der Waals surface area contributed by atoms with Gasteiger partial charge in [-0.15, -0.1) is 0 Å². The summed E-state index contributed by atoms with van der Waals surface area (Å²) >= 11 is 0. The van der Waals surface area contributed by atoms with Gasteiger partial charge in [0.05, 0.1) is 6.54 Å². The highest BCUT2D eigenvalue weighted by Crippen LogP contribution is 2.12. The Bertz CT molecular complexity index is 416. The third kappa shape index (κ3) is 4.85. The zero-order chi connectivity index (χ0) is 15.0. The number of likely N-dealkylation sites (N-methyl/N-ethyl adjacent to an activating group) is 1. The fourth-order valence-electron chi connectivity index (χ4n) is 2.05. The Morgan fingerprint density at radius 1 is 1.35 bits per heavy atom. The fourth-order valence-corrected chi connectivity index (χ4v) is 2.05. The molecule has 4 nitrogen and oxygen atoms in total. The molecule has 0 saturated heterocycles. The predicted octanol–water partition coefficient (Wildman–Crippen LogP) is 2.65. The summed E-state index contributed by atoms with van der Waals surface area (Å²) in [6.45, 7) is 7.66. The number of amides is 1. The summed E-state index contributed by atoms with van der Waals surface area (Å²) in [5, 5.41) is 0. The van der Waals surface area contributed by atoms with Gasteiger partial charge in [0, 0.05) is 13.7 Å². The molecular formula is C16H25NO3. The maximum Gasteiger partial charge on any atom is 0.251 e. The minimum absolute atomic E-state index is 0.0327. The Balaban J connectivity index is 2.47. The van der Waals surface area contributed by atoms with Gasteiger partial charge < -0.3 is 14.4 Å². The van der Waals surface area contributed by atoms with Crippen molar-refractivity contribution in [2.24, 2.45) is 0 Å². The smallest absolute Gasteiger partial charge is 0.251 e. The highest BCUT2D eigenvalue weighted by molar-refractivity contribution is 5.80. The Kier molecular flexibility index (Phi) is 7.09. The largest absolute Gasteiger partial charge is 0.492 e. The summed E-state index contributed by atoms with van der Waals surface area (Å²) in [4.78, 5) is 13.9. The maximum atomic E-state index is 12.2. The van der Waals surface area contributed by atoms with Gasteiger partial charge >= 0.3 is 0 Å². The van der Waals surface area contributed by atoms with Crippen LogP contribution in [0.2, 0.25) is 0 Å². The highest BCUT2D eigenvalue weighted by atomic mass is 16.5. The van der Waals surface area contributed by atoms with Crippen LogP contribution in [0.15, 0.2) is 24.3 Å². The van der Waals surface area contributed by atoms with Crippen molar-refractivity contribution >= 4 is 5.91 Å². The van der Waals surface area contributed by atoms with Gasteiger partial charge in [-0.1, -0.05) is 19.1 Å². The SMILES string of the molecule is CC[C@H](OC)C(=O)N(CC)CCOc1cccc(C)c1. The molecule has 1 atom stereocenters. The number of nitrogens with zero attached hydrogens (tertiary/aromatic N) is 1. The van der Waals surface area contributed by atoms with Crippen molar-refractivity contribution in [3.05, 3.63) is 29.8 Å². The van der Waals surface area contributed by atoms with Crippen LogP contribution < -0.4 is 4.74 Å². The fraction of sp³-hybridized carbons (Fsp3) is 0.562. The molecule has 0 aliphatic rings. The lowest BCUT2D eigenvalue weighted by molar-refractivity contribution is -0.142. The van der Waals surface area contributed by atoms with E-state index in [0.29, 0.717) is 26.1 Å². The molecule has 1 aromatic carbocycles. The third-order valence-corrected chi connectivity index (χ3v) is 3.24. The van der Waals surface area contributed by atoms with E-state index in [4.69, 9.17) is 9.47 Å². The monoisotopic (exact) mass is 279 g/mol. The van der Waals surface area contributed by atoms with Crippen molar-refractivity contribution in [1.82, 2.24) is 4.90 Å². The lowest BCUT2D eigenvalue weighted by Gasteiger charge is -2.25. The van der Waals surface area contributed by atoms with Crippen LogP contribution in [-0.2, 0) is 9.53 Å². The minimum Gasteiger partial charge on any atom is -0.492 e. The van der Waals surface area contributed by atoms with Crippen LogP contribution in [0.5, 0.6) is 5.75 Å². The first-order valence-electron chi connectivity index (χ1n) is 7.13. The van der Waals surface area contributed by atoms with Crippen molar-refractivity contribution in [3.63, 3.8) is 0 Å². The topological polar surface area (TPSA) is 38.8 Å². The molecule has 1 amide bonds. The van der Waals surface area contributed by atoms with Gasteiger partial charge in [0.25, 0.3) is 5.91 Å². The van der Waals surface area contributed by atoms with Gasteiger partial charge in [0.15, 0.2) is 0 Å². The molecular weight excluding hydrogens is 254 g/mol. The van der Waals surface area contributed by atoms with Gasteiger partial charge in [0.2, 0.25) is 0 Å². The molecule has 0 bridgehead atoms. The van der Waals surface area contributed by atoms with Crippen molar-refractivity contribution in [3.8, 4) is 5.75 Å². The van der Waals surface area contributed by atoms with Crippen LogP contribution in [0.4, 0.5) is 0 Å². The number of hydrogen-bond donors (Lipinski definition) is 0. The Hall–Kier alpha value is -1.55. The standard InChI is InChI=1S/C16H25NO3/c1-5-15(19-4)16(18)17(6-2)10-11-20-14-9-7-8-13(3)12-14/h7-9,12,15H,5-6,10-11H2,1-4H3/t15-/m0/s1. The Labute approximate surface area is 121 Å². The van der Waals surface area contributed by atoms with Crippen molar-refractivity contribution in [2.75, 3.05) is 26.8 Å². The summed E-state index contributed by atoms with van der Waals surface area (Å²) in [7, 11) is 1.57. The van der Waals surface area contributed by atoms with E-state index in [0.717, 1.165) is 11.3 Å². The quantitative estimate of drug-likeness (QED) is 0.734. The third-order valence-electron chi connectivity index (χ3n) is 3.24. The number of methoxy groups -OCH3 is 1. The average Bonchev–Trinajstić information content (AvgIpc) is 2.45. The summed E-state index contributed by atoms with van der Waals surface area (Å²) in [6.07, 6.45) is 0.332. The molecule has 0 aromatic heterocycles. The van der Waals surface area contributed by atoms with E-state index < -0.39 is 0 Å². The van der Waals surface area contributed by atoms with Crippen molar-refractivity contribution in [2.45, 2.75) is 33.3 Å². The minimum atomic E-state index is -0.353. The van der Waals surface area contributed by atoms with E-state index in [9.17, 15) is 4.79 Å². The van der Waals surface area contributed by atoms with Gasteiger partial charge in [-0.05, 0) is 38.0 Å². The highest BCUT2D eigenvalue weighted by Gasteiger charge is 2.21.